The van der Waals surface area contributed by atoms with Crippen LogP contribution in [-0.2, 0) is 0 Å². The van der Waals surface area contributed by atoms with E-state index in [1.807, 2.05) is 6.92 Å². The number of hydrogen-bond donors (Lipinski definition) is 1. The lowest BCUT2D eigenvalue weighted by Gasteiger charge is -2.17. The largest absolute Gasteiger partial charge is 0.464 e. The van der Waals surface area contributed by atoms with Gasteiger partial charge in [-0.05, 0) is 32.1 Å². The molecule has 1 aliphatic rings. The maximum absolute atomic E-state index is 5.47. The molecule has 6 nitrogen and oxygen atoms in total. The van der Waals surface area contributed by atoms with Crippen LogP contribution >= 0.6 is 0 Å². The van der Waals surface area contributed by atoms with Crippen LogP contribution in [0.25, 0.3) is 0 Å². The average molecular weight is 293 g/mol. The number of anilines is 2. The second-order valence-electron chi connectivity index (χ2n) is 5.49. The zero-order valence-corrected chi connectivity index (χ0v) is 13.4. The van der Waals surface area contributed by atoms with E-state index in [1.54, 1.807) is 0 Å². The van der Waals surface area contributed by atoms with Crippen LogP contribution in [0.3, 0.4) is 0 Å². The van der Waals surface area contributed by atoms with Crippen molar-refractivity contribution in [2.24, 2.45) is 5.92 Å². The Morgan fingerprint density at radius 3 is 2.76 bits per heavy atom. The molecule has 0 amide bonds. The second kappa shape index (κ2) is 8.00. The summed E-state index contributed by atoms with van der Waals surface area (Å²) in [7, 11) is 0. The van der Waals surface area contributed by atoms with Crippen LogP contribution in [0.5, 0.6) is 6.01 Å². The summed E-state index contributed by atoms with van der Waals surface area (Å²) in [6.45, 7) is 9.78. The van der Waals surface area contributed by atoms with E-state index in [2.05, 4.69) is 39.0 Å². The molecule has 1 atom stereocenters. The first-order valence-corrected chi connectivity index (χ1v) is 8.14. The third-order valence-electron chi connectivity index (χ3n) is 3.68. The molecule has 1 saturated heterocycles. The molecule has 1 N–H and O–H groups in total. The fourth-order valence-electron chi connectivity index (χ4n) is 2.65. The van der Waals surface area contributed by atoms with Crippen LogP contribution < -0.4 is 15.0 Å². The fourth-order valence-corrected chi connectivity index (χ4v) is 2.65. The van der Waals surface area contributed by atoms with E-state index in [-0.39, 0.29) is 0 Å². The minimum absolute atomic E-state index is 0.417. The van der Waals surface area contributed by atoms with E-state index in [0.717, 1.165) is 37.9 Å². The third-order valence-corrected chi connectivity index (χ3v) is 3.68. The molecule has 118 valence electrons. The van der Waals surface area contributed by atoms with E-state index < -0.39 is 0 Å². The van der Waals surface area contributed by atoms with Crippen LogP contribution in [0.1, 0.15) is 46.5 Å². The lowest BCUT2D eigenvalue weighted by molar-refractivity contribution is 0.312. The monoisotopic (exact) mass is 293 g/mol. The Balaban J connectivity index is 2.11. The third kappa shape index (κ3) is 4.44. The van der Waals surface area contributed by atoms with Crippen molar-refractivity contribution in [3.63, 3.8) is 0 Å². The molecule has 0 spiro atoms. The van der Waals surface area contributed by atoms with Crippen LogP contribution in [-0.4, -0.2) is 41.2 Å². The first-order chi connectivity index (χ1) is 10.3. The minimum atomic E-state index is 0.417. The van der Waals surface area contributed by atoms with Crippen molar-refractivity contribution in [2.75, 3.05) is 36.5 Å². The summed E-state index contributed by atoms with van der Waals surface area (Å²) in [5.74, 6) is 2.12. The zero-order chi connectivity index (χ0) is 15.1. The van der Waals surface area contributed by atoms with Gasteiger partial charge in [-0.1, -0.05) is 20.3 Å². The van der Waals surface area contributed by atoms with Crippen LogP contribution in [0.15, 0.2) is 0 Å². The first-order valence-electron chi connectivity index (χ1n) is 8.14. The Kier molecular flexibility index (Phi) is 6.02. The molecule has 0 saturated carbocycles. The van der Waals surface area contributed by atoms with Crippen molar-refractivity contribution in [1.29, 1.82) is 0 Å². The molecule has 2 rings (SSSR count). The Hall–Kier alpha value is -1.59. The van der Waals surface area contributed by atoms with Gasteiger partial charge in [0, 0.05) is 19.6 Å². The van der Waals surface area contributed by atoms with E-state index >= 15 is 0 Å². The molecule has 21 heavy (non-hydrogen) atoms. The molecule has 1 aromatic heterocycles. The highest BCUT2D eigenvalue weighted by Crippen LogP contribution is 2.25. The topological polar surface area (TPSA) is 63.2 Å². The number of nitrogens with one attached hydrogen (secondary N) is 1. The van der Waals surface area contributed by atoms with Crippen molar-refractivity contribution >= 4 is 11.9 Å². The maximum Gasteiger partial charge on any atom is 0.323 e. The Morgan fingerprint density at radius 1 is 1.19 bits per heavy atom. The smallest absolute Gasteiger partial charge is 0.323 e. The van der Waals surface area contributed by atoms with Gasteiger partial charge < -0.3 is 15.0 Å². The Labute approximate surface area is 127 Å². The molecule has 6 heteroatoms. The molecule has 0 bridgehead atoms. The summed E-state index contributed by atoms with van der Waals surface area (Å²) in [6, 6.07) is 0.417. The molecular formula is C15H27N5O. The van der Waals surface area contributed by atoms with E-state index in [9.17, 15) is 0 Å². The van der Waals surface area contributed by atoms with Gasteiger partial charge in [0.2, 0.25) is 11.9 Å². The van der Waals surface area contributed by atoms with Crippen molar-refractivity contribution < 1.29 is 4.74 Å². The SMILES string of the molecule is CCCNc1nc(OCC)nc(N2CCC(CCC)C2)n1. The van der Waals surface area contributed by atoms with E-state index in [4.69, 9.17) is 4.74 Å². The van der Waals surface area contributed by atoms with Crippen molar-refractivity contribution in [3.05, 3.63) is 0 Å². The van der Waals surface area contributed by atoms with Gasteiger partial charge in [0.15, 0.2) is 0 Å². The van der Waals surface area contributed by atoms with Crippen LogP contribution in [0.4, 0.5) is 11.9 Å². The molecule has 0 radical (unpaired) electrons. The quantitative estimate of drug-likeness (QED) is 0.795. The van der Waals surface area contributed by atoms with Crippen molar-refractivity contribution in [2.45, 2.75) is 46.5 Å². The van der Waals surface area contributed by atoms with Gasteiger partial charge in [-0.25, -0.2) is 0 Å². The lowest BCUT2D eigenvalue weighted by Crippen LogP contribution is -2.23. The maximum atomic E-state index is 5.47. The van der Waals surface area contributed by atoms with Crippen LogP contribution in [0, 0.1) is 5.92 Å². The second-order valence-corrected chi connectivity index (χ2v) is 5.49. The summed E-state index contributed by atoms with van der Waals surface area (Å²) >= 11 is 0. The average Bonchev–Trinajstić information content (AvgIpc) is 2.94. The van der Waals surface area contributed by atoms with Crippen molar-refractivity contribution in [1.82, 2.24) is 15.0 Å². The predicted octanol–water partition coefficient (Wildman–Crippen LogP) is 2.72. The zero-order valence-electron chi connectivity index (χ0n) is 13.4. The standard InChI is InChI=1S/C15H27N5O/c1-4-7-12-8-10-20(11-12)14-17-13(16-9-5-2)18-15(19-14)21-6-3/h12H,4-11H2,1-3H3,(H,16,17,18,19). The van der Waals surface area contributed by atoms with E-state index in [1.165, 1.54) is 19.3 Å². The van der Waals surface area contributed by atoms with Gasteiger partial charge in [0.1, 0.15) is 0 Å². The number of aromatic nitrogens is 3. The molecule has 1 aromatic rings. The van der Waals surface area contributed by atoms with Gasteiger partial charge >= 0.3 is 6.01 Å². The highest BCUT2D eigenvalue weighted by molar-refractivity contribution is 5.39. The predicted molar refractivity (Wildman–Crippen MR) is 85.0 cm³/mol. The van der Waals surface area contributed by atoms with E-state index in [0.29, 0.717) is 18.6 Å². The molecule has 2 heterocycles. The summed E-state index contributed by atoms with van der Waals surface area (Å²) in [5.41, 5.74) is 0. The van der Waals surface area contributed by atoms with Gasteiger partial charge in [-0.3, -0.25) is 0 Å². The van der Waals surface area contributed by atoms with Gasteiger partial charge in [-0.15, -0.1) is 0 Å². The highest BCUT2D eigenvalue weighted by atomic mass is 16.5. The first kappa shape index (κ1) is 15.8. The molecular weight excluding hydrogens is 266 g/mol. The van der Waals surface area contributed by atoms with Gasteiger partial charge in [0.05, 0.1) is 6.61 Å². The molecule has 1 unspecified atom stereocenters. The number of hydrogen-bond acceptors (Lipinski definition) is 6. The summed E-state index contributed by atoms with van der Waals surface area (Å²) < 4.78 is 5.47. The van der Waals surface area contributed by atoms with Gasteiger partial charge in [-0.2, -0.15) is 15.0 Å². The Bertz CT molecular complexity index is 440. The van der Waals surface area contributed by atoms with Crippen molar-refractivity contribution in [3.8, 4) is 6.01 Å². The lowest BCUT2D eigenvalue weighted by atomic mass is 10.0. The minimum Gasteiger partial charge on any atom is -0.464 e. The molecule has 0 aromatic carbocycles. The van der Waals surface area contributed by atoms with Crippen LogP contribution in [0.2, 0.25) is 0 Å². The molecule has 1 aliphatic heterocycles. The number of ether oxygens (including phenoxy) is 1. The Morgan fingerprint density at radius 2 is 2.05 bits per heavy atom. The summed E-state index contributed by atoms with van der Waals surface area (Å²) in [5, 5.41) is 3.22. The highest BCUT2D eigenvalue weighted by Gasteiger charge is 2.24. The summed E-state index contributed by atoms with van der Waals surface area (Å²) in [4.78, 5) is 15.5. The number of rotatable bonds is 8. The summed E-state index contributed by atoms with van der Waals surface area (Å²) in [6.07, 6.45) is 4.78. The fraction of sp³-hybridized carbons (Fsp3) is 0.800. The molecule has 1 fully saturated rings. The number of nitrogens with zero attached hydrogens (tertiary/aromatic N) is 4. The normalized spacial score (nSPS) is 18.0. The van der Waals surface area contributed by atoms with Gasteiger partial charge in [0.25, 0.3) is 0 Å². The molecule has 0 aliphatic carbocycles.